The minimum Gasteiger partial charge on any atom is -0.271 e. The van der Waals surface area contributed by atoms with Crippen molar-refractivity contribution in [2.75, 3.05) is 7.05 Å². The average Bonchev–Trinajstić information content (AvgIpc) is 2.42. The Labute approximate surface area is 121 Å². The van der Waals surface area contributed by atoms with Crippen LogP contribution in [0, 0.1) is 17.5 Å². The zero-order valence-corrected chi connectivity index (χ0v) is 11.8. The summed E-state index contributed by atoms with van der Waals surface area (Å²) in [5.74, 6) is -7.83. The van der Waals surface area contributed by atoms with E-state index in [4.69, 9.17) is 5.21 Å². The number of halogens is 5. The summed E-state index contributed by atoms with van der Waals surface area (Å²) in [6, 6.07) is 0.146. The number of amides is 1. The number of sulfonamides is 1. The van der Waals surface area contributed by atoms with Crippen molar-refractivity contribution in [3.05, 3.63) is 35.1 Å². The number of nitrogens with zero attached hydrogens (tertiary/aromatic N) is 2. The summed E-state index contributed by atoms with van der Waals surface area (Å²) >= 11 is 0. The normalized spacial score (nSPS) is 12.6. The van der Waals surface area contributed by atoms with Crippen LogP contribution in [-0.2, 0) is 20.1 Å². The van der Waals surface area contributed by atoms with Crippen LogP contribution in [0.2, 0.25) is 0 Å². The van der Waals surface area contributed by atoms with Gasteiger partial charge in [-0.05, 0) is 12.1 Å². The standard InChI is InChI=1S/C10H9F5N2O4S/c1-5(18)17(19)16(2)22(20,21)10(14,15)6-3-4-7(11)9(13)8(6)12/h3-4,19H,1-2H3. The highest BCUT2D eigenvalue weighted by Gasteiger charge is 2.53. The summed E-state index contributed by atoms with van der Waals surface area (Å²) in [6.45, 7) is 0.655. The van der Waals surface area contributed by atoms with E-state index in [0.29, 0.717) is 14.0 Å². The van der Waals surface area contributed by atoms with Crippen molar-refractivity contribution in [2.24, 2.45) is 0 Å². The van der Waals surface area contributed by atoms with Crippen LogP contribution in [0.5, 0.6) is 0 Å². The number of alkyl halides is 2. The lowest BCUT2D eigenvalue weighted by Crippen LogP contribution is -2.49. The molecule has 1 aromatic carbocycles. The third-order valence-electron chi connectivity index (χ3n) is 2.57. The Morgan fingerprint density at radius 3 is 2.14 bits per heavy atom. The molecular formula is C10H9F5N2O4S. The van der Waals surface area contributed by atoms with Crippen molar-refractivity contribution in [1.82, 2.24) is 9.59 Å². The number of hydrogen-bond acceptors (Lipinski definition) is 4. The number of rotatable bonds is 4. The summed E-state index contributed by atoms with van der Waals surface area (Å²) in [5, 5.41) is 3.33. The van der Waals surface area contributed by atoms with E-state index in [1.165, 1.54) is 0 Å². The molecule has 0 saturated carbocycles. The van der Waals surface area contributed by atoms with E-state index in [1.807, 2.05) is 0 Å². The third kappa shape index (κ3) is 2.76. The number of hydrogen-bond donors (Lipinski definition) is 1. The molecule has 1 N–H and O–H groups in total. The predicted octanol–water partition coefficient (Wildman–Crippen LogP) is 1.57. The SMILES string of the molecule is CC(=O)N(O)N(C)S(=O)(=O)C(F)(F)c1ccc(F)c(F)c1F. The van der Waals surface area contributed by atoms with Gasteiger partial charge in [-0.1, -0.05) is 4.41 Å². The molecule has 0 heterocycles. The molecule has 0 aliphatic heterocycles. The molecule has 0 bridgehead atoms. The fraction of sp³-hybridized carbons (Fsp3) is 0.300. The Morgan fingerprint density at radius 1 is 1.18 bits per heavy atom. The van der Waals surface area contributed by atoms with Gasteiger partial charge in [-0.2, -0.15) is 8.78 Å². The second-order valence-corrected chi connectivity index (χ2v) is 5.98. The van der Waals surface area contributed by atoms with Gasteiger partial charge in [0.05, 0.1) is 5.56 Å². The monoisotopic (exact) mass is 348 g/mol. The van der Waals surface area contributed by atoms with E-state index in [1.54, 1.807) is 0 Å². The highest BCUT2D eigenvalue weighted by Crippen LogP contribution is 2.38. The quantitative estimate of drug-likeness (QED) is 0.388. The molecule has 0 aliphatic carbocycles. The van der Waals surface area contributed by atoms with Gasteiger partial charge in [0, 0.05) is 14.0 Å². The molecular weight excluding hydrogens is 339 g/mol. The first-order chi connectivity index (χ1) is 9.85. The van der Waals surface area contributed by atoms with Crippen molar-refractivity contribution in [3.8, 4) is 0 Å². The van der Waals surface area contributed by atoms with E-state index in [0.717, 1.165) is 0 Å². The van der Waals surface area contributed by atoms with Gasteiger partial charge in [0.1, 0.15) is 0 Å². The van der Waals surface area contributed by atoms with Crippen molar-refractivity contribution in [3.63, 3.8) is 0 Å². The van der Waals surface area contributed by atoms with Gasteiger partial charge in [-0.15, -0.1) is 5.17 Å². The topological polar surface area (TPSA) is 77.9 Å². The maximum Gasteiger partial charge on any atom is 0.389 e. The van der Waals surface area contributed by atoms with Gasteiger partial charge >= 0.3 is 15.3 Å². The molecule has 12 heteroatoms. The summed E-state index contributed by atoms with van der Waals surface area (Å²) in [5.41, 5.74) is -1.98. The Hall–Kier alpha value is -1.79. The van der Waals surface area contributed by atoms with E-state index < -0.39 is 53.8 Å². The lowest BCUT2D eigenvalue weighted by atomic mass is 10.2. The summed E-state index contributed by atoms with van der Waals surface area (Å²) < 4.78 is 89.9. The Kier molecular flexibility index (Phi) is 4.79. The molecule has 0 aliphatic rings. The van der Waals surface area contributed by atoms with Gasteiger partial charge in [0.15, 0.2) is 17.5 Å². The van der Waals surface area contributed by atoms with Crippen LogP contribution in [0.3, 0.4) is 0 Å². The zero-order chi connectivity index (χ0) is 17.5. The molecule has 0 saturated heterocycles. The van der Waals surface area contributed by atoms with Gasteiger partial charge in [0.2, 0.25) is 0 Å². The zero-order valence-electron chi connectivity index (χ0n) is 11.0. The molecule has 0 radical (unpaired) electrons. The number of carbonyl (C=O) groups excluding carboxylic acids is 1. The minimum absolute atomic E-state index is 0.0363. The van der Waals surface area contributed by atoms with E-state index in [9.17, 15) is 35.2 Å². The summed E-state index contributed by atoms with van der Waals surface area (Å²) in [6.07, 6.45) is 0. The fourth-order valence-corrected chi connectivity index (χ4v) is 2.44. The Bertz CT molecular complexity index is 710. The van der Waals surface area contributed by atoms with Crippen molar-refractivity contribution >= 4 is 15.9 Å². The first-order valence-electron chi connectivity index (χ1n) is 5.35. The first-order valence-corrected chi connectivity index (χ1v) is 6.79. The van der Waals surface area contributed by atoms with Crippen LogP contribution >= 0.6 is 0 Å². The number of benzene rings is 1. The molecule has 6 nitrogen and oxygen atoms in total. The lowest BCUT2D eigenvalue weighted by Gasteiger charge is -2.28. The van der Waals surface area contributed by atoms with Crippen LogP contribution in [0.15, 0.2) is 12.1 Å². The fourth-order valence-electron chi connectivity index (χ4n) is 1.36. The lowest BCUT2D eigenvalue weighted by molar-refractivity contribution is -0.205. The molecule has 0 atom stereocenters. The van der Waals surface area contributed by atoms with E-state index in [-0.39, 0.29) is 12.1 Å². The summed E-state index contributed by atoms with van der Waals surface area (Å²) in [4.78, 5) is 10.8. The van der Waals surface area contributed by atoms with Gasteiger partial charge in [0.25, 0.3) is 5.91 Å². The first kappa shape index (κ1) is 18.3. The minimum atomic E-state index is -5.86. The largest absolute Gasteiger partial charge is 0.389 e. The van der Waals surface area contributed by atoms with Crippen LogP contribution < -0.4 is 0 Å². The highest BCUT2D eigenvalue weighted by molar-refractivity contribution is 7.89. The van der Waals surface area contributed by atoms with Crippen molar-refractivity contribution < 1.29 is 40.4 Å². The third-order valence-corrected chi connectivity index (χ3v) is 4.29. The van der Waals surface area contributed by atoms with Crippen LogP contribution in [0.1, 0.15) is 12.5 Å². The number of carbonyl (C=O) groups is 1. The van der Waals surface area contributed by atoms with Crippen molar-refractivity contribution in [1.29, 1.82) is 0 Å². The molecule has 1 rings (SSSR count). The molecule has 1 amide bonds. The number of hydrazine groups is 1. The molecule has 0 unspecified atom stereocenters. The van der Waals surface area contributed by atoms with Crippen LogP contribution in [0.25, 0.3) is 0 Å². The maximum absolute atomic E-state index is 14.0. The molecule has 22 heavy (non-hydrogen) atoms. The molecule has 0 spiro atoms. The molecule has 0 fully saturated rings. The van der Waals surface area contributed by atoms with Gasteiger partial charge < -0.3 is 0 Å². The van der Waals surface area contributed by atoms with Gasteiger partial charge in [-0.25, -0.2) is 21.6 Å². The predicted molar refractivity (Wildman–Crippen MR) is 61.2 cm³/mol. The second kappa shape index (κ2) is 5.78. The Morgan fingerprint density at radius 2 is 1.68 bits per heavy atom. The highest BCUT2D eigenvalue weighted by atomic mass is 32.2. The van der Waals surface area contributed by atoms with E-state index in [2.05, 4.69) is 0 Å². The number of hydroxylamine groups is 1. The second-order valence-electron chi connectivity index (χ2n) is 3.99. The van der Waals surface area contributed by atoms with Gasteiger partial charge in [-0.3, -0.25) is 10.0 Å². The Balaban J connectivity index is 3.46. The molecule has 1 aromatic rings. The van der Waals surface area contributed by atoms with Crippen molar-refractivity contribution in [2.45, 2.75) is 12.2 Å². The van der Waals surface area contributed by atoms with Crippen LogP contribution in [-0.4, -0.2) is 36.2 Å². The smallest absolute Gasteiger partial charge is 0.271 e. The average molecular weight is 348 g/mol. The molecule has 0 aromatic heterocycles. The van der Waals surface area contributed by atoms with E-state index >= 15 is 0 Å². The maximum atomic E-state index is 14.0. The molecule has 124 valence electrons. The summed E-state index contributed by atoms with van der Waals surface area (Å²) in [7, 11) is -5.48. The van der Waals surface area contributed by atoms with Crippen LogP contribution in [0.4, 0.5) is 22.0 Å².